The van der Waals surface area contributed by atoms with E-state index >= 15 is 0 Å². The average Bonchev–Trinajstić information content (AvgIpc) is 3.34. The predicted octanol–water partition coefficient (Wildman–Crippen LogP) is 4.18. The minimum absolute atomic E-state index is 0.0351. The molecule has 180 valence electrons. The molecule has 2 aromatic carbocycles. The molecule has 0 unspecified atom stereocenters. The van der Waals surface area contributed by atoms with Crippen molar-refractivity contribution in [2.45, 2.75) is 13.3 Å². The number of carbonyl (C=O) groups excluding carboxylic acids is 2. The van der Waals surface area contributed by atoms with Crippen LogP contribution in [0.15, 0.2) is 73.1 Å². The molecule has 1 aliphatic rings. The van der Waals surface area contributed by atoms with E-state index in [0.29, 0.717) is 16.4 Å². The van der Waals surface area contributed by atoms with Crippen LogP contribution in [0.5, 0.6) is 5.88 Å². The number of rotatable bonds is 5. The van der Waals surface area contributed by atoms with Crippen molar-refractivity contribution in [2.75, 3.05) is 4.90 Å². The van der Waals surface area contributed by atoms with Gasteiger partial charge in [0.25, 0.3) is 11.6 Å². The Morgan fingerprint density at radius 1 is 0.972 bits per heavy atom. The lowest BCUT2D eigenvalue weighted by Crippen LogP contribution is -2.39. The summed E-state index contributed by atoms with van der Waals surface area (Å²) in [6.07, 6.45) is 3.44. The number of aromatic nitrogens is 3. The Kier molecular flexibility index (Phi) is 6.07. The highest BCUT2D eigenvalue weighted by atomic mass is 35.5. The van der Waals surface area contributed by atoms with E-state index in [0.717, 1.165) is 15.6 Å². The van der Waals surface area contributed by atoms with Crippen molar-refractivity contribution in [3.63, 3.8) is 0 Å². The van der Waals surface area contributed by atoms with Gasteiger partial charge in [0.05, 0.1) is 27.1 Å². The summed E-state index contributed by atoms with van der Waals surface area (Å²) >= 11 is 12.2. The number of halogens is 3. The Bertz CT molecular complexity index is 1570. The van der Waals surface area contributed by atoms with E-state index in [1.54, 1.807) is 43.6 Å². The van der Waals surface area contributed by atoms with Crippen molar-refractivity contribution in [1.29, 1.82) is 0 Å². The molecule has 2 amide bonds. The van der Waals surface area contributed by atoms with Crippen molar-refractivity contribution in [1.82, 2.24) is 9.78 Å². The van der Waals surface area contributed by atoms with Crippen LogP contribution in [0.2, 0.25) is 10.0 Å². The van der Waals surface area contributed by atoms with Gasteiger partial charge in [0.15, 0.2) is 12.4 Å². The Labute approximate surface area is 215 Å². The Morgan fingerprint density at radius 3 is 2.36 bits per heavy atom. The molecule has 0 bridgehead atoms. The molecule has 0 saturated carbocycles. The first-order valence-corrected chi connectivity index (χ1v) is 11.7. The third-order valence-electron chi connectivity index (χ3n) is 5.77. The zero-order valence-corrected chi connectivity index (χ0v) is 20.3. The summed E-state index contributed by atoms with van der Waals surface area (Å²) in [4.78, 5) is 28.1. The van der Waals surface area contributed by atoms with Crippen molar-refractivity contribution >= 4 is 52.0 Å². The second-order valence-corrected chi connectivity index (χ2v) is 8.71. The van der Waals surface area contributed by atoms with E-state index in [1.807, 2.05) is 0 Å². The summed E-state index contributed by atoms with van der Waals surface area (Å²) in [6, 6.07) is 15.1. The molecule has 3 heterocycles. The molecule has 2 aromatic heterocycles. The molecular formula is C26H17Cl2FN4O3. The zero-order valence-electron chi connectivity index (χ0n) is 18.8. The highest BCUT2D eigenvalue weighted by Crippen LogP contribution is 2.39. The quantitative estimate of drug-likeness (QED) is 0.290. The molecule has 0 atom stereocenters. The number of nitrogens with zero attached hydrogens (tertiary/aromatic N) is 4. The molecule has 5 rings (SSSR count). The SMILES string of the molecule is CCc1nn(-c2ccc(Cl)c(Cl)c2)c([O-])c1C1=C([n+]2ccccc2)C(=O)N(c2ccccc2F)C1=O. The lowest BCUT2D eigenvalue weighted by molar-refractivity contribution is -0.576. The number of benzene rings is 2. The van der Waals surface area contributed by atoms with Gasteiger partial charge in [0, 0.05) is 17.7 Å². The maximum atomic E-state index is 14.7. The fraction of sp³-hybridized carbons (Fsp3) is 0.0769. The van der Waals surface area contributed by atoms with Crippen molar-refractivity contribution in [3.8, 4) is 11.6 Å². The van der Waals surface area contributed by atoms with E-state index in [2.05, 4.69) is 5.10 Å². The van der Waals surface area contributed by atoms with Gasteiger partial charge in [0.1, 0.15) is 11.4 Å². The second kappa shape index (κ2) is 9.22. The first kappa shape index (κ1) is 23.7. The Hall–Kier alpha value is -4.01. The number of imide groups is 1. The largest absolute Gasteiger partial charge is 0.858 e. The molecular weight excluding hydrogens is 506 g/mol. The molecule has 0 radical (unpaired) electrons. The van der Waals surface area contributed by atoms with Crippen LogP contribution in [0.25, 0.3) is 17.0 Å². The Morgan fingerprint density at radius 2 is 1.69 bits per heavy atom. The van der Waals surface area contributed by atoms with E-state index in [9.17, 15) is 19.1 Å². The summed E-state index contributed by atoms with van der Waals surface area (Å²) in [6.45, 7) is 1.77. The van der Waals surface area contributed by atoms with Crippen molar-refractivity contribution in [2.24, 2.45) is 0 Å². The first-order chi connectivity index (χ1) is 17.3. The van der Waals surface area contributed by atoms with Gasteiger partial charge in [-0.15, -0.1) is 0 Å². The molecule has 7 nitrogen and oxygen atoms in total. The van der Waals surface area contributed by atoms with Crippen LogP contribution in [-0.2, 0) is 16.0 Å². The van der Waals surface area contributed by atoms with Crippen molar-refractivity contribution < 1.29 is 23.7 Å². The molecule has 0 fully saturated rings. The molecule has 10 heteroatoms. The van der Waals surface area contributed by atoms with Gasteiger partial charge in [-0.05, 0) is 42.6 Å². The van der Waals surface area contributed by atoms with Gasteiger partial charge in [-0.2, -0.15) is 9.67 Å². The van der Waals surface area contributed by atoms with Crippen LogP contribution in [0.4, 0.5) is 10.1 Å². The molecule has 1 aliphatic heterocycles. The van der Waals surface area contributed by atoms with Gasteiger partial charge in [-0.3, -0.25) is 9.59 Å². The zero-order chi connectivity index (χ0) is 25.6. The number of anilines is 1. The number of amides is 2. The third-order valence-corrected chi connectivity index (χ3v) is 6.51. The van der Waals surface area contributed by atoms with Gasteiger partial charge in [0.2, 0.25) is 0 Å². The summed E-state index contributed by atoms with van der Waals surface area (Å²) in [5.41, 5.74) is 0.155. The third kappa shape index (κ3) is 3.75. The normalized spacial score (nSPS) is 13.7. The lowest BCUT2D eigenvalue weighted by Gasteiger charge is -2.16. The molecule has 0 aliphatic carbocycles. The van der Waals surface area contributed by atoms with E-state index < -0.39 is 23.5 Å². The average molecular weight is 523 g/mol. The molecule has 0 N–H and O–H groups in total. The summed E-state index contributed by atoms with van der Waals surface area (Å²) in [5, 5.41) is 18.6. The summed E-state index contributed by atoms with van der Waals surface area (Å²) < 4.78 is 17.2. The smallest absolute Gasteiger partial charge is 0.331 e. The van der Waals surface area contributed by atoms with Crippen LogP contribution in [0.1, 0.15) is 18.2 Å². The highest BCUT2D eigenvalue weighted by molar-refractivity contribution is 6.53. The van der Waals surface area contributed by atoms with Crippen LogP contribution in [-0.4, -0.2) is 21.6 Å². The monoisotopic (exact) mass is 522 g/mol. The number of pyridine rings is 1. The Balaban J connectivity index is 1.77. The molecule has 0 spiro atoms. The standard InChI is InChI=1S/C26H17Cl2FN4O3/c1-2-19-21(25(35)33(30-19)15-10-11-16(27)17(28)14-15)22-23(31-12-6-3-7-13-31)26(36)32(24(22)34)20-9-5-4-8-18(20)29/h3-14H,2H2,1H3. The second-order valence-electron chi connectivity index (χ2n) is 7.89. The van der Waals surface area contributed by atoms with Gasteiger partial charge < -0.3 is 5.11 Å². The van der Waals surface area contributed by atoms with Crippen LogP contribution in [0.3, 0.4) is 0 Å². The number of hydrogen-bond donors (Lipinski definition) is 0. The van der Waals surface area contributed by atoms with Gasteiger partial charge in [-0.1, -0.05) is 48.3 Å². The maximum absolute atomic E-state index is 14.7. The lowest BCUT2D eigenvalue weighted by atomic mass is 10.0. The van der Waals surface area contributed by atoms with E-state index in [1.165, 1.54) is 34.9 Å². The van der Waals surface area contributed by atoms with Gasteiger partial charge in [-0.25, -0.2) is 14.0 Å². The number of carbonyl (C=O) groups is 2. The molecule has 36 heavy (non-hydrogen) atoms. The van der Waals surface area contributed by atoms with Gasteiger partial charge >= 0.3 is 5.91 Å². The minimum Gasteiger partial charge on any atom is -0.858 e. The van der Waals surface area contributed by atoms with E-state index in [-0.39, 0.29) is 34.0 Å². The van der Waals surface area contributed by atoms with Crippen LogP contribution < -0.4 is 14.6 Å². The van der Waals surface area contributed by atoms with E-state index in [4.69, 9.17) is 23.2 Å². The predicted molar refractivity (Wildman–Crippen MR) is 131 cm³/mol. The van der Waals surface area contributed by atoms with Crippen LogP contribution in [0, 0.1) is 5.82 Å². The summed E-state index contributed by atoms with van der Waals surface area (Å²) in [7, 11) is 0. The highest BCUT2D eigenvalue weighted by Gasteiger charge is 2.48. The van der Waals surface area contributed by atoms with Crippen molar-refractivity contribution in [3.05, 3.63) is 100 Å². The van der Waals surface area contributed by atoms with Crippen LogP contribution >= 0.6 is 23.2 Å². The fourth-order valence-corrected chi connectivity index (χ4v) is 4.41. The fourth-order valence-electron chi connectivity index (χ4n) is 4.12. The molecule has 4 aromatic rings. The minimum atomic E-state index is -0.822. The summed E-state index contributed by atoms with van der Waals surface area (Å²) in [5.74, 6) is -2.95. The maximum Gasteiger partial charge on any atom is 0.331 e. The topological polar surface area (TPSA) is 82.1 Å². The first-order valence-electron chi connectivity index (χ1n) is 10.9. The number of hydrogen-bond acceptors (Lipinski definition) is 4. The number of aryl methyl sites for hydroxylation is 1. The number of para-hydroxylation sites is 1. The molecule has 0 saturated heterocycles.